The van der Waals surface area contributed by atoms with E-state index in [0.29, 0.717) is 0 Å². The van der Waals surface area contributed by atoms with Crippen molar-refractivity contribution < 1.29 is 19.7 Å². The van der Waals surface area contributed by atoms with Crippen LogP contribution in [0.2, 0.25) is 0 Å². The van der Waals surface area contributed by atoms with Crippen LogP contribution < -0.4 is 5.43 Å². The highest BCUT2D eigenvalue weighted by atomic mass is 16.3. The van der Waals surface area contributed by atoms with Gasteiger partial charge in [0.1, 0.15) is 34.0 Å². The molecule has 0 bridgehead atoms. The molecule has 0 saturated heterocycles. The highest BCUT2D eigenvalue weighted by molar-refractivity contribution is 5.90. The van der Waals surface area contributed by atoms with Crippen LogP contribution in [0, 0.1) is 5.92 Å². The fourth-order valence-electron chi connectivity index (χ4n) is 2.62. The lowest BCUT2D eigenvalue weighted by molar-refractivity contribution is 0.449. The van der Waals surface area contributed by atoms with Crippen LogP contribution >= 0.6 is 0 Å². The van der Waals surface area contributed by atoms with Gasteiger partial charge in [-0.15, -0.1) is 0 Å². The van der Waals surface area contributed by atoms with E-state index in [0.717, 1.165) is 5.56 Å². The van der Waals surface area contributed by atoms with Crippen LogP contribution in [0.3, 0.4) is 0 Å². The van der Waals surface area contributed by atoms with Gasteiger partial charge in [0.05, 0.1) is 5.56 Å². The second-order valence-corrected chi connectivity index (χ2v) is 6.57. The molecule has 0 amide bonds. The fourth-order valence-corrected chi connectivity index (χ4v) is 2.62. The van der Waals surface area contributed by atoms with Crippen LogP contribution in [0.15, 0.2) is 51.7 Å². The average molecular weight is 364 g/mol. The monoisotopic (exact) mass is 364 g/mol. The second kappa shape index (κ2) is 7.41. The molecule has 0 fully saturated rings. The summed E-state index contributed by atoms with van der Waals surface area (Å²) in [7, 11) is 0. The van der Waals surface area contributed by atoms with Gasteiger partial charge in [0.15, 0.2) is 5.43 Å². The maximum Gasteiger partial charge on any atom is 0.197 e. The molecule has 27 heavy (non-hydrogen) atoms. The lowest BCUT2D eigenvalue weighted by Crippen LogP contribution is -2.01. The number of phenolic OH excluding ortho intramolecular Hbond substituents is 3. The Morgan fingerprint density at radius 2 is 1.67 bits per heavy atom. The summed E-state index contributed by atoms with van der Waals surface area (Å²) in [4.78, 5) is 12.5. The number of benzene rings is 2. The smallest absolute Gasteiger partial charge is 0.197 e. The van der Waals surface area contributed by atoms with Crippen LogP contribution in [0.5, 0.6) is 17.2 Å². The third-order valence-corrected chi connectivity index (χ3v) is 4.01. The number of rotatable bonds is 4. The van der Waals surface area contributed by atoms with Crippen LogP contribution in [-0.4, -0.2) is 15.3 Å². The summed E-state index contributed by atoms with van der Waals surface area (Å²) in [5.41, 5.74) is 0.703. The first-order chi connectivity index (χ1) is 12.8. The lowest BCUT2D eigenvalue weighted by Gasteiger charge is -2.07. The number of phenols is 3. The van der Waals surface area contributed by atoms with E-state index in [4.69, 9.17) is 4.42 Å². The predicted molar refractivity (Wildman–Crippen MR) is 107 cm³/mol. The molecule has 1 heterocycles. The van der Waals surface area contributed by atoms with Gasteiger partial charge >= 0.3 is 0 Å². The Morgan fingerprint density at radius 1 is 0.963 bits per heavy atom. The number of hydrogen-bond donors (Lipinski definition) is 3. The SMILES string of the molecule is CC(C)/C=C/c1c(O)cc2oc(/C=C/c3ccc(O)cc3)cc(=O)c2c1O. The van der Waals surface area contributed by atoms with Gasteiger partial charge in [-0.2, -0.15) is 0 Å². The highest BCUT2D eigenvalue weighted by Gasteiger charge is 2.15. The zero-order chi connectivity index (χ0) is 19.6. The summed E-state index contributed by atoms with van der Waals surface area (Å²) in [6.07, 6.45) is 6.74. The molecule has 138 valence electrons. The number of allylic oxidation sites excluding steroid dienone is 1. The van der Waals surface area contributed by atoms with E-state index < -0.39 is 5.43 Å². The van der Waals surface area contributed by atoms with Crippen molar-refractivity contribution in [1.29, 1.82) is 0 Å². The first kappa shape index (κ1) is 18.3. The standard InChI is InChI=1S/C22H20O5/c1-13(2)3-10-17-18(24)12-20-21(22(17)26)19(25)11-16(27-20)9-6-14-4-7-15(23)8-5-14/h3-13,23-24,26H,1-2H3/b9-6+,10-3+. The second-order valence-electron chi connectivity index (χ2n) is 6.57. The third kappa shape index (κ3) is 4.03. The van der Waals surface area contributed by atoms with Gasteiger partial charge in [0.25, 0.3) is 0 Å². The molecule has 0 saturated carbocycles. The summed E-state index contributed by atoms with van der Waals surface area (Å²) >= 11 is 0. The lowest BCUT2D eigenvalue weighted by atomic mass is 10.1. The van der Waals surface area contributed by atoms with Crippen LogP contribution in [0.25, 0.3) is 29.2 Å². The van der Waals surface area contributed by atoms with Crippen molar-refractivity contribution in [2.24, 2.45) is 5.92 Å². The Hall–Kier alpha value is -3.47. The van der Waals surface area contributed by atoms with Crippen molar-refractivity contribution in [3.8, 4) is 17.2 Å². The largest absolute Gasteiger partial charge is 0.508 e. The Balaban J connectivity index is 2.05. The van der Waals surface area contributed by atoms with Crippen molar-refractivity contribution in [3.05, 3.63) is 69.6 Å². The minimum atomic E-state index is -0.404. The minimum absolute atomic E-state index is 0.0259. The topological polar surface area (TPSA) is 90.9 Å². The molecular weight excluding hydrogens is 344 g/mol. The van der Waals surface area contributed by atoms with Gasteiger partial charge in [-0.05, 0) is 29.7 Å². The van der Waals surface area contributed by atoms with E-state index in [9.17, 15) is 20.1 Å². The first-order valence-electron chi connectivity index (χ1n) is 8.53. The number of hydrogen-bond acceptors (Lipinski definition) is 5. The van der Waals surface area contributed by atoms with Crippen molar-refractivity contribution in [2.45, 2.75) is 13.8 Å². The summed E-state index contributed by atoms with van der Waals surface area (Å²) < 4.78 is 5.65. The molecule has 0 spiro atoms. The molecule has 0 unspecified atom stereocenters. The fraction of sp³-hybridized carbons (Fsp3) is 0.136. The van der Waals surface area contributed by atoms with Crippen molar-refractivity contribution in [1.82, 2.24) is 0 Å². The first-order valence-corrected chi connectivity index (χ1v) is 8.53. The Labute approximate surface area is 156 Å². The van der Waals surface area contributed by atoms with E-state index in [1.54, 1.807) is 42.5 Å². The van der Waals surface area contributed by atoms with Crippen molar-refractivity contribution in [3.63, 3.8) is 0 Å². The maximum absolute atomic E-state index is 12.5. The average Bonchev–Trinajstić information content (AvgIpc) is 2.60. The number of aromatic hydroxyl groups is 3. The molecule has 0 aliphatic rings. The highest BCUT2D eigenvalue weighted by Crippen LogP contribution is 2.35. The van der Waals surface area contributed by atoms with Gasteiger partial charge in [0, 0.05) is 12.1 Å². The summed E-state index contributed by atoms with van der Waals surface area (Å²) in [5.74, 6) is 0.204. The third-order valence-electron chi connectivity index (χ3n) is 4.01. The number of fused-ring (bicyclic) bond motifs is 1. The molecule has 2 aromatic carbocycles. The predicted octanol–water partition coefficient (Wildman–Crippen LogP) is 4.75. The van der Waals surface area contributed by atoms with E-state index in [2.05, 4.69) is 0 Å². The van der Waals surface area contributed by atoms with E-state index >= 15 is 0 Å². The van der Waals surface area contributed by atoms with Gasteiger partial charge in [-0.25, -0.2) is 0 Å². The molecule has 5 heteroatoms. The summed E-state index contributed by atoms with van der Waals surface area (Å²) in [6, 6.07) is 9.16. The van der Waals surface area contributed by atoms with Crippen molar-refractivity contribution in [2.75, 3.05) is 0 Å². The molecule has 3 aromatic rings. The minimum Gasteiger partial charge on any atom is -0.508 e. The van der Waals surface area contributed by atoms with E-state index in [-0.39, 0.29) is 45.5 Å². The summed E-state index contributed by atoms with van der Waals surface area (Å²) in [6.45, 7) is 3.93. The zero-order valence-electron chi connectivity index (χ0n) is 15.0. The Kier molecular flexibility index (Phi) is 5.03. The Bertz CT molecular complexity index is 1090. The van der Waals surface area contributed by atoms with E-state index in [1.165, 1.54) is 12.1 Å². The molecular formula is C22H20O5. The molecule has 3 N–H and O–H groups in total. The van der Waals surface area contributed by atoms with Crippen LogP contribution in [-0.2, 0) is 0 Å². The maximum atomic E-state index is 12.5. The van der Waals surface area contributed by atoms with Crippen LogP contribution in [0.4, 0.5) is 0 Å². The van der Waals surface area contributed by atoms with Gasteiger partial charge in [-0.3, -0.25) is 4.79 Å². The molecule has 5 nitrogen and oxygen atoms in total. The molecule has 0 atom stereocenters. The molecule has 0 aliphatic carbocycles. The van der Waals surface area contributed by atoms with Gasteiger partial charge < -0.3 is 19.7 Å². The molecule has 0 aliphatic heterocycles. The normalized spacial score (nSPS) is 12.0. The molecule has 3 rings (SSSR count). The van der Waals surface area contributed by atoms with Crippen LogP contribution in [0.1, 0.15) is 30.7 Å². The van der Waals surface area contributed by atoms with Gasteiger partial charge in [-0.1, -0.05) is 44.2 Å². The quantitative estimate of drug-likeness (QED) is 0.621. The Morgan fingerprint density at radius 3 is 2.33 bits per heavy atom. The van der Waals surface area contributed by atoms with Gasteiger partial charge in [0.2, 0.25) is 0 Å². The molecule has 1 aromatic heterocycles. The zero-order valence-corrected chi connectivity index (χ0v) is 15.0. The van der Waals surface area contributed by atoms with Crippen molar-refractivity contribution >= 4 is 29.2 Å². The molecule has 0 radical (unpaired) electrons. The summed E-state index contributed by atoms with van der Waals surface area (Å²) in [5, 5.41) is 30.0. The van der Waals surface area contributed by atoms with E-state index in [1.807, 2.05) is 19.9 Å².